The summed E-state index contributed by atoms with van der Waals surface area (Å²) < 4.78 is 41.4. The van der Waals surface area contributed by atoms with E-state index in [0.29, 0.717) is 29.9 Å². The zero-order valence-electron chi connectivity index (χ0n) is 21.3. The SMILES string of the molecule is CC(C)(C)[Si](C)(C)O[C@H]1CCN(c2nc(OCc3ccccc3)c(S(=O)(=O)N3CCC3)cc2Br)C1. The van der Waals surface area contributed by atoms with E-state index in [2.05, 4.69) is 54.7 Å². The summed E-state index contributed by atoms with van der Waals surface area (Å²) in [7, 11) is -5.56. The second-order valence-electron chi connectivity index (χ2n) is 10.9. The standard InChI is InChI=1S/C25H36BrN3O4SSi/c1-25(2,3)35(4,5)33-20-12-15-28(17-20)23-21(26)16-22(34(30,31)29-13-9-14-29)24(27-23)32-18-19-10-7-6-8-11-19/h6-8,10-11,16,20H,9,12-15,17-18H2,1-5H3/t20-/m0/s1. The number of halogens is 1. The molecule has 1 aromatic carbocycles. The van der Waals surface area contributed by atoms with E-state index < -0.39 is 18.3 Å². The third-order valence-corrected chi connectivity index (χ3v) is 14.3. The van der Waals surface area contributed by atoms with Crippen LogP contribution in [0.1, 0.15) is 39.2 Å². The quantitative estimate of drug-likeness (QED) is 0.388. The summed E-state index contributed by atoms with van der Waals surface area (Å²) in [4.78, 5) is 7.04. The molecule has 192 valence electrons. The number of aromatic nitrogens is 1. The largest absolute Gasteiger partial charge is 0.472 e. The highest BCUT2D eigenvalue weighted by Crippen LogP contribution is 2.40. The summed E-state index contributed by atoms with van der Waals surface area (Å²) in [5, 5.41) is 0.143. The zero-order valence-corrected chi connectivity index (χ0v) is 24.7. The van der Waals surface area contributed by atoms with E-state index in [1.165, 1.54) is 4.31 Å². The van der Waals surface area contributed by atoms with Crippen molar-refractivity contribution in [2.24, 2.45) is 0 Å². The molecule has 0 bridgehead atoms. The van der Waals surface area contributed by atoms with Gasteiger partial charge < -0.3 is 14.1 Å². The van der Waals surface area contributed by atoms with Crippen molar-refractivity contribution in [1.82, 2.24) is 9.29 Å². The second kappa shape index (κ2) is 10.1. The van der Waals surface area contributed by atoms with Gasteiger partial charge in [0, 0.05) is 26.2 Å². The molecule has 3 heterocycles. The van der Waals surface area contributed by atoms with Crippen LogP contribution in [0, 0.1) is 0 Å². The van der Waals surface area contributed by atoms with Gasteiger partial charge in [-0.15, -0.1) is 0 Å². The Hall–Kier alpha value is -1.46. The van der Waals surface area contributed by atoms with Gasteiger partial charge in [-0.05, 0) is 58.5 Å². The molecule has 4 rings (SSSR count). The topological polar surface area (TPSA) is 72.0 Å². The highest BCUT2D eigenvalue weighted by Gasteiger charge is 2.41. The number of sulfonamides is 1. The predicted octanol–water partition coefficient (Wildman–Crippen LogP) is 5.42. The van der Waals surface area contributed by atoms with E-state index in [1.807, 2.05) is 30.3 Å². The smallest absolute Gasteiger partial charge is 0.248 e. The average Bonchev–Trinajstić information content (AvgIpc) is 3.18. The van der Waals surface area contributed by atoms with Gasteiger partial charge in [0.2, 0.25) is 15.9 Å². The predicted molar refractivity (Wildman–Crippen MR) is 145 cm³/mol. The van der Waals surface area contributed by atoms with E-state index in [-0.39, 0.29) is 28.5 Å². The highest BCUT2D eigenvalue weighted by molar-refractivity contribution is 9.10. The van der Waals surface area contributed by atoms with Crippen LogP contribution in [0.3, 0.4) is 0 Å². The van der Waals surface area contributed by atoms with Crippen molar-refractivity contribution in [3.05, 3.63) is 46.4 Å². The summed E-state index contributed by atoms with van der Waals surface area (Å²) in [6.45, 7) is 14.1. The second-order valence-corrected chi connectivity index (χ2v) is 18.4. The number of hydrogen-bond donors (Lipinski definition) is 0. The number of benzene rings is 1. The molecule has 0 N–H and O–H groups in total. The number of pyridine rings is 1. The maximum Gasteiger partial charge on any atom is 0.248 e. The molecular formula is C25H36BrN3O4SSi. The third-order valence-electron chi connectivity index (χ3n) is 7.25. The Morgan fingerprint density at radius 3 is 2.43 bits per heavy atom. The fourth-order valence-electron chi connectivity index (χ4n) is 3.96. The number of ether oxygens (including phenoxy) is 1. The Labute approximate surface area is 219 Å². The molecule has 2 aliphatic rings. The molecule has 35 heavy (non-hydrogen) atoms. The van der Waals surface area contributed by atoms with Crippen LogP contribution in [-0.2, 0) is 21.1 Å². The van der Waals surface area contributed by atoms with Gasteiger partial charge in [0.05, 0.1) is 10.6 Å². The lowest BCUT2D eigenvalue weighted by molar-refractivity contribution is 0.202. The molecule has 0 radical (unpaired) electrons. The molecule has 0 unspecified atom stereocenters. The van der Waals surface area contributed by atoms with Crippen molar-refractivity contribution in [3.8, 4) is 5.88 Å². The molecule has 2 aliphatic heterocycles. The van der Waals surface area contributed by atoms with Gasteiger partial charge in [-0.25, -0.2) is 8.42 Å². The van der Waals surface area contributed by atoms with Crippen LogP contribution in [0.5, 0.6) is 5.88 Å². The van der Waals surface area contributed by atoms with Gasteiger partial charge in [-0.1, -0.05) is 51.1 Å². The Morgan fingerprint density at radius 2 is 1.83 bits per heavy atom. The Bertz CT molecular complexity index is 1150. The van der Waals surface area contributed by atoms with Gasteiger partial charge in [-0.3, -0.25) is 0 Å². The van der Waals surface area contributed by atoms with E-state index in [4.69, 9.17) is 14.1 Å². The Morgan fingerprint density at radius 1 is 1.14 bits per heavy atom. The lowest BCUT2D eigenvalue weighted by Gasteiger charge is -2.38. The minimum atomic E-state index is -3.67. The van der Waals surface area contributed by atoms with Crippen molar-refractivity contribution in [1.29, 1.82) is 0 Å². The van der Waals surface area contributed by atoms with Crippen molar-refractivity contribution < 1.29 is 17.6 Å². The first-order chi connectivity index (χ1) is 16.4. The number of nitrogens with zero attached hydrogens (tertiary/aromatic N) is 3. The summed E-state index contributed by atoms with van der Waals surface area (Å²) in [6.07, 6.45) is 1.91. The first-order valence-corrected chi connectivity index (χ1v) is 17.3. The number of anilines is 1. The van der Waals surface area contributed by atoms with E-state index in [9.17, 15) is 8.42 Å². The summed E-state index contributed by atoms with van der Waals surface area (Å²) in [5.41, 5.74) is 0.954. The van der Waals surface area contributed by atoms with Crippen LogP contribution in [0.2, 0.25) is 18.1 Å². The van der Waals surface area contributed by atoms with Gasteiger partial charge in [0.15, 0.2) is 8.32 Å². The highest BCUT2D eigenvalue weighted by atomic mass is 79.9. The number of rotatable bonds is 8. The van der Waals surface area contributed by atoms with Gasteiger partial charge in [0.1, 0.15) is 17.3 Å². The molecule has 0 aliphatic carbocycles. The normalized spacial score (nSPS) is 19.6. The summed E-state index contributed by atoms with van der Waals surface area (Å²) in [5.74, 6) is 0.838. The molecule has 0 saturated carbocycles. The van der Waals surface area contributed by atoms with Crippen LogP contribution in [0.15, 0.2) is 45.8 Å². The first kappa shape index (κ1) is 26.6. The van der Waals surface area contributed by atoms with Crippen molar-refractivity contribution in [2.75, 3.05) is 31.1 Å². The van der Waals surface area contributed by atoms with Crippen LogP contribution >= 0.6 is 15.9 Å². The Kier molecular flexibility index (Phi) is 7.69. The molecule has 10 heteroatoms. The fourth-order valence-corrected chi connectivity index (χ4v) is 7.67. The van der Waals surface area contributed by atoms with E-state index in [0.717, 1.165) is 24.9 Å². The van der Waals surface area contributed by atoms with Crippen molar-refractivity contribution >= 4 is 40.1 Å². The molecule has 2 aromatic rings. The molecule has 2 saturated heterocycles. The lowest BCUT2D eigenvalue weighted by atomic mass is 10.2. The summed E-state index contributed by atoms with van der Waals surface area (Å²) in [6, 6.07) is 11.4. The van der Waals surface area contributed by atoms with Crippen molar-refractivity contribution in [2.45, 2.75) is 69.4 Å². The fraction of sp³-hybridized carbons (Fsp3) is 0.560. The zero-order chi connectivity index (χ0) is 25.4. The van der Waals surface area contributed by atoms with Gasteiger partial charge in [-0.2, -0.15) is 9.29 Å². The van der Waals surface area contributed by atoms with Gasteiger partial charge >= 0.3 is 0 Å². The van der Waals surface area contributed by atoms with Crippen LogP contribution in [-0.4, -0.2) is 58.3 Å². The van der Waals surface area contributed by atoms with Crippen LogP contribution in [0.4, 0.5) is 5.82 Å². The van der Waals surface area contributed by atoms with Crippen LogP contribution < -0.4 is 9.64 Å². The van der Waals surface area contributed by atoms with Gasteiger partial charge in [0.25, 0.3) is 0 Å². The third kappa shape index (κ3) is 5.77. The molecular weight excluding hydrogens is 546 g/mol. The Balaban J connectivity index is 1.60. The minimum Gasteiger partial charge on any atom is -0.472 e. The van der Waals surface area contributed by atoms with Crippen molar-refractivity contribution in [3.63, 3.8) is 0 Å². The van der Waals surface area contributed by atoms with Crippen LogP contribution in [0.25, 0.3) is 0 Å². The molecule has 0 spiro atoms. The summed E-state index contributed by atoms with van der Waals surface area (Å²) >= 11 is 3.61. The molecule has 2 fully saturated rings. The maximum atomic E-state index is 13.3. The van der Waals surface area contributed by atoms with E-state index >= 15 is 0 Å². The molecule has 7 nitrogen and oxygen atoms in total. The lowest BCUT2D eigenvalue weighted by Crippen LogP contribution is -2.44. The first-order valence-electron chi connectivity index (χ1n) is 12.2. The molecule has 1 atom stereocenters. The molecule has 0 amide bonds. The minimum absolute atomic E-state index is 0.108. The number of hydrogen-bond acceptors (Lipinski definition) is 6. The monoisotopic (exact) mass is 581 g/mol. The maximum absolute atomic E-state index is 13.3. The molecule has 1 aromatic heterocycles. The average molecular weight is 583 g/mol. The van der Waals surface area contributed by atoms with E-state index in [1.54, 1.807) is 6.07 Å².